The number of imidazole rings is 1. The zero-order valence-electron chi connectivity index (χ0n) is 19.6. The summed E-state index contributed by atoms with van der Waals surface area (Å²) in [6, 6.07) is 10.3. The molecule has 176 valence electrons. The fraction of sp³-hybridized carbons (Fsp3) is 0.259. The Bertz CT molecular complexity index is 1480. The second kappa shape index (κ2) is 8.32. The van der Waals surface area contributed by atoms with Crippen molar-refractivity contribution in [2.45, 2.75) is 32.2 Å². The van der Waals surface area contributed by atoms with E-state index in [1.165, 1.54) is 5.56 Å². The number of para-hydroxylation sites is 1. The number of pyridine rings is 1. The predicted octanol–water partition coefficient (Wildman–Crippen LogP) is 3.05. The highest BCUT2D eigenvalue weighted by molar-refractivity contribution is 6.47. The number of fused-ring (bicyclic) bond motifs is 1. The van der Waals surface area contributed by atoms with Crippen LogP contribution in [0.2, 0.25) is 0 Å². The lowest BCUT2D eigenvalue weighted by Crippen LogP contribution is -2.28. The van der Waals surface area contributed by atoms with Crippen molar-refractivity contribution >= 4 is 34.4 Å². The normalized spacial score (nSPS) is 18.9. The van der Waals surface area contributed by atoms with E-state index >= 15 is 0 Å². The summed E-state index contributed by atoms with van der Waals surface area (Å²) >= 11 is 0. The first-order valence-electron chi connectivity index (χ1n) is 11.8. The van der Waals surface area contributed by atoms with Gasteiger partial charge in [-0.15, -0.1) is 0 Å². The van der Waals surface area contributed by atoms with Gasteiger partial charge in [0.1, 0.15) is 5.65 Å². The lowest BCUT2D eigenvalue weighted by atomic mass is 9.94. The Labute approximate surface area is 202 Å². The number of ether oxygens (including phenoxy) is 1. The molecule has 6 rings (SSSR count). The van der Waals surface area contributed by atoms with Crippen molar-refractivity contribution in [1.82, 2.24) is 14.7 Å². The first-order valence-corrected chi connectivity index (χ1v) is 11.8. The number of hydrogen-bond acceptors (Lipinski definition) is 6. The van der Waals surface area contributed by atoms with Gasteiger partial charge in [-0.05, 0) is 42.5 Å². The van der Waals surface area contributed by atoms with Gasteiger partial charge in [-0.25, -0.2) is 4.98 Å². The maximum absolute atomic E-state index is 13.2. The van der Waals surface area contributed by atoms with E-state index in [2.05, 4.69) is 28.2 Å². The monoisotopic (exact) mass is 467 g/mol. The zero-order valence-corrected chi connectivity index (χ0v) is 19.6. The molecule has 0 saturated heterocycles. The van der Waals surface area contributed by atoms with E-state index < -0.39 is 11.8 Å². The number of methoxy groups -OCH3 is 1. The van der Waals surface area contributed by atoms with Gasteiger partial charge in [-0.1, -0.05) is 25.1 Å². The molecule has 3 aliphatic rings. The second-order valence-corrected chi connectivity index (χ2v) is 8.93. The van der Waals surface area contributed by atoms with E-state index in [0.29, 0.717) is 23.6 Å². The number of nitrogens with zero attached hydrogens (tertiary/aromatic N) is 4. The molecule has 1 unspecified atom stereocenters. The third-order valence-electron chi connectivity index (χ3n) is 6.98. The van der Waals surface area contributed by atoms with E-state index in [0.717, 1.165) is 41.7 Å². The molecular weight excluding hydrogens is 442 g/mol. The molecule has 8 nitrogen and oxygen atoms in total. The molecule has 2 amide bonds. The molecule has 0 saturated carbocycles. The maximum Gasteiger partial charge on any atom is 0.261 e. The molecular formula is C27H25N5O3. The van der Waals surface area contributed by atoms with Crippen LogP contribution in [0, 0.1) is 0 Å². The SMILES string of the molecule is CCc1ccn2c(C3=C(C4=NC=CN5c6c(cccc64)CC5CCOC)C(=O)NC3=O)cnc2c1. The van der Waals surface area contributed by atoms with Crippen molar-refractivity contribution in [3.8, 4) is 0 Å². The molecule has 0 fully saturated rings. The third kappa shape index (κ3) is 3.32. The quantitative estimate of drug-likeness (QED) is 0.563. The van der Waals surface area contributed by atoms with Crippen LogP contribution in [0.1, 0.15) is 35.7 Å². The van der Waals surface area contributed by atoms with Crippen molar-refractivity contribution in [3.63, 3.8) is 0 Å². The highest BCUT2D eigenvalue weighted by Gasteiger charge is 2.39. The highest BCUT2D eigenvalue weighted by atomic mass is 16.5. The number of amides is 2. The van der Waals surface area contributed by atoms with E-state index in [1.54, 1.807) is 19.5 Å². The van der Waals surface area contributed by atoms with Gasteiger partial charge in [-0.2, -0.15) is 0 Å². The van der Waals surface area contributed by atoms with Crippen LogP contribution >= 0.6 is 0 Å². The van der Waals surface area contributed by atoms with Crippen LogP contribution in [0.25, 0.3) is 11.2 Å². The molecule has 5 heterocycles. The zero-order chi connectivity index (χ0) is 24.1. The number of rotatable bonds is 6. The number of aliphatic imine (C=N–C) groups is 1. The summed E-state index contributed by atoms with van der Waals surface area (Å²) in [6.45, 7) is 2.74. The molecule has 0 spiro atoms. The van der Waals surface area contributed by atoms with Crippen molar-refractivity contribution in [2.24, 2.45) is 4.99 Å². The van der Waals surface area contributed by atoms with Gasteiger partial charge < -0.3 is 9.64 Å². The molecule has 35 heavy (non-hydrogen) atoms. The smallest absolute Gasteiger partial charge is 0.261 e. The van der Waals surface area contributed by atoms with Crippen LogP contribution in [0.15, 0.2) is 65.7 Å². The van der Waals surface area contributed by atoms with E-state index in [9.17, 15) is 9.59 Å². The average Bonchev–Trinajstić information content (AvgIpc) is 3.48. The van der Waals surface area contributed by atoms with Crippen LogP contribution < -0.4 is 10.2 Å². The van der Waals surface area contributed by atoms with Gasteiger partial charge in [0.2, 0.25) is 0 Å². The fourth-order valence-corrected chi connectivity index (χ4v) is 5.28. The molecule has 0 bridgehead atoms. The number of aryl methyl sites for hydroxylation is 1. The van der Waals surface area contributed by atoms with Crippen LogP contribution in [0.3, 0.4) is 0 Å². The van der Waals surface area contributed by atoms with Gasteiger partial charge >= 0.3 is 0 Å². The van der Waals surface area contributed by atoms with Gasteiger partial charge in [-0.3, -0.25) is 24.3 Å². The molecule has 3 aromatic rings. The summed E-state index contributed by atoms with van der Waals surface area (Å²) in [5.74, 6) is -0.887. The summed E-state index contributed by atoms with van der Waals surface area (Å²) in [4.78, 5) is 37.7. The van der Waals surface area contributed by atoms with Crippen molar-refractivity contribution in [2.75, 3.05) is 18.6 Å². The molecule has 0 radical (unpaired) electrons. The summed E-state index contributed by atoms with van der Waals surface area (Å²) in [5.41, 5.74) is 6.57. The van der Waals surface area contributed by atoms with Gasteiger partial charge in [0.25, 0.3) is 11.8 Å². The first-order chi connectivity index (χ1) is 17.1. The summed E-state index contributed by atoms with van der Waals surface area (Å²) < 4.78 is 7.17. The minimum atomic E-state index is -0.447. The van der Waals surface area contributed by atoms with Crippen LogP contribution in [0.4, 0.5) is 5.69 Å². The molecule has 1 N–H and O–H groups in total. The van der Waals surface area contributed by atoms with Gasteiger partial charge in [0, 0.05) is 43.9 Å². The Morgan fingerprint density at radius 3 is 2.86 bits per heavy atom. The summed E-state index contributed by atoms with van der Waals surface area (Å²) in [6.07, 6.45) is 9.86. The maximum atomic E-state index is 13.2. The second-order valence-electron chi connectivity index (χ2n) is 8.93. The first kappa shape index (κ1) is 21.5. The number of aromatic nitrogens is 2. The number of anilines is 1. The summed E-state index contributed by atoms with van der Waals surface area (Å²) in [5, 5.41) is 2.49. The standard InChI is InChI=1S/C27H25N5O3/c1-3-16-7-10-32-20(15-29-21(32)13-16)22-23(27(34)30-26(22)33)24-19-6-4-5-17-14-18(8-12-35-2)31(25(17)19)11-9-28-24/h4-7,9-11,13,15,18H,3,8,12,14H2,1-2H3,(H,30,33,34). The Kier molecular flexibility index (Phi) is 5.11. The molecule has 0 aliphatic carbocycles. The van der Waals surface area contributed by atoms with Gasteiger partial charge in [0.05, 0.1) is 34.4 Å². The van der Waals surface area contributed by atoms with E-state index in [1.807, 2.05) is 41.1 Å². The average molecular weight is 468 g/mol. The number of nitrogens with one attached hydrogen (secondary N) is 1. The van der Waals surface area contributed by atoms with E-state index in [-0.39, 0.29) is 11.6 Å². The minimum Gasteiger partial charge on any atom is -0.385 e. The number of carbonyl (C=O) groups excluding carboxylic acids is 2. The lowest BCUT2D eigenvalue weighted by molar-refractivity contribution is -0.123. The Balaban J connectivity index is 1.52. The molecule has 8 heteroatoms. The van der Waals surface area contributed by atoms with Crippen LogP contribution in [0.5, 0.6) is 0 Å². The number of carbonyl (C=O) groups is 2. The molecule has 1 aromatic carbocycles. The lowest BCUT2D eigenvalue weighted by Gasteiger charge is -2.24. The minimum absolute atomic E-state index is 0.246. The number of imide groups is 1. The van der Waals surface area contributed by atoms with Crippen molar-refractivity contribution < 1.29 is 14.3 Å². The van der Waals surface area contributed by atoms with Crippen LogP contribution in [-0.4, -0.2) is 46.7 Å². The molecule has 1 atom stereocenters. The van der Waals surface area contributed by atoms with Crippen molar-refractivity contribution in [1.29, 1.82) is 0 Å². The fourth-order valence-electron chi connectivity index (χ4n) is 5.28. The molecule has 2 aromatic heterocycles. The Morgan fingerprint density at radius 2 is 2.03 bits per heavy atom. The molecule has 3 aliphatic heterocycles. The van der Waals surface area contributed by atoms with E-state index in [4.69, 9.17) is 9.73 Å². The van der Waals surface area contributed by atoms with Crippen LogP contribution in [-0.2, 0) is 27.2 Å². The largest absolute Gasteiger partial charge is 0.385 e. The Hall–Kier alpha value is -4.04. The topological polar surface area (TPSA) is 88.3 Å². The number of hydrogen-bond donors (Lipinski definition) is 1. The highest BCUT2D eigenvalue weighted by Crippen LogP contribution is 2.40. The summed E-state index contributed by atoms with van der Waals surface area (Å²) in [7, 11) is 1.71. The predicted molar refractivity (Wildman–Crippen MR) is 133 cm³/mol. The third-order valence-corrected chi connectivity index (χ3v) is 6.98. The Morgan fingerprint density at radius 1 is 1.17 bits per heavy atom. The van der Waals surface area contributed by atoms with Gasteiger partial charge in [0.15, 0.2) is 0 Å². The van der Waals surface area contributed by atoms with Crippen molar-refractivity contribution in [3.05, 3.63) is 83.1 Å². The number of benzene rings is 1.